The van der Waals surface area contributed by atoms with Crippen molar-refractivity contribution < 1.29 is 27.5 Å². The molecule has 174 valence electrons. The fourth-order valence-corrected chi connectivity index (χ4v) is 7.56. The highest BCUT2D eigenvalue weighted by Crippen LogP contribution is 2.60. The monoisotopic (exact) mass is 461 g/mol. The second-order valence-corrected chi connectivity index (χ2v) is 12.1. The lowest BCUT2D eigenvalue weighted by molar-refractivity contribution is -0.164. The summed E-state index contributed by atoms with van der Waals surface area (Å²) in [6, 6.07) is 5.56. The van der Waals surface area contributed by atoms with Gasteiger partial charge in [-0.15, -0.1) is 0 Å². The Morgan fingerprint density at radius 2 is 1.53 bits per heavy atom. The minimum absolute atomic E-state index is 0.00437. The molecular formula is C24H31NO6S. The molecule has 32 heavy (non-hydrogen) atoms. The molecule has 0 spiro atoms. The highest BCUT2D eigenvalue weighted by Gasteiger charge is 2.55. The number of rotatable bonds is 8. The first-order valence-corrected chi connectivity index (χ1v) is 12.8. The number of carbonyl (C=O) groups is 3. The van der Waals surface area contributed by atoms with E-state index < -0.39 is 28.6 Å². The number of carbonyl (C=O) groups excluding carboxylic acids is 3. The molecule has 0 heterocycles. The van der Waals surface area contributed by atoms with Crippen molar-refractivity contribution in [1.29, 1.82) is 0 Å². The number of nitrogens with zero attached hydrogens (tertiary/aromatic N) is 1. The van der Waals surface area contributed by atoms with Crippen LogP contribution in [0.2, 0.25) is 0 Å². The molecule has 0 N–H and O–H groups in total. The summed E-state index contributed by atoms with van der Waals surface area (Å²) >= 11 is 0. The fourth-order valence-electron chi connectivity index (χ4n) is 6.44. The lowest BCUT2D eigenvalue weighted by Gasteiger charge is -2.56. The molecule has 4 aliphatic rings. The number of likely N-dealkylation sites (N-methyl/N-ethyl adjacent to an activating group) is 1. The molecule has 0 saturated heterocycles. The Morgan fingerprint density at radius 1 is 1.03 bits per heavy atom. The molecule has 4 saturated carbocycles. The maximum absolute atomic E-state index is 13.3. The van der Waals surface area contributed by atoms with Crippen LogP contribution in [0.15, 0.2) is 29.2 Å². The van der Waals surface area contributed by atoms with Gasteiger partial charge in [-0.05, 0) is 82.3 Å². The topological polar surface area (TPSA) is 97.8 Å². The predicted octanol–water partition coefficient (Wildman–Crippen LogP) is 3.23. The molecule has 4 bridgehead atoms. The van der Waals surface area contributed by atoms with Crippen LogP contribution in [0.1, 0.15) is 62.7 Å². The number of ether oxygens (including phenoxy) is 1. The number of esters is 1. The normalized spacial score (nSPS) is 29.7. The first-order valence-electron chi connectivity index (χ1n) is 11.3. The number of sulfonamides is 1. The van der Waals surface area contributed by atoms with E-state index in [2.05, 4.69) is 0 Å². The van der Waals surface area contributed by atoms with Gasteiger partial charge in [0.2, 0.25) is 10.0 Å². The summed E-state index contributed by atoms with van der Waals surface area (Å²) < 4.78 is 31.8. The lowest BCUT2D eigenvalue weighted by atomic mass is 9.48. The van der Waals surface area contributed by atoms with Crippen molar-refractivity contribution in [2.24, 2.45) is 23.2 Å². The van der Waals surface area contributed by atoms with Gasteiger partial charge in [0.05, 0.1) is 4.90 Å². The summed E-state index contributed by atoms with van der Waals surface area (Å²) in [5.74, 6) is 0.914. The molecular weight excluding hydrogens is 430 g/mol. The first kappa shape index (κ1) is 23.1. The Labute approximate surface area is 189 Å². The highest BCUT2D eigenvalue weighted by molar-refractivity contribution is 7.89. The summed E-state index contributed by atoms with van der Waals surface area (Å²) in [5.41, 5.74) is 0.0354. The van der Waals surface area contributed by atoms with Crippen LogP contribution < -0.4 is 0 Å². The van der Waals surface area contributed by atoms with E-state index in [4.69, 9.17) is 4.74 Å². The molecule has 4 aliphatic carbocycles. The molecule has 0 radical (unpaired) electrons. The zero-order valence-electron chi connectivity index (χ0n) is 18.9. The fraction of sp³-hybridized carbons (Fsp3) is 0.625. The first-order chi connectivity index (χ1) is 15.0. The van der Waals surface area contributed by atoms with Crippen LogP contribution in [0.5, 0.6) is 0 Å². The lowest BCUT2D eigenvalue weighted by Crippen LogP contribution is -2.53. The van der Waals surface area contributed by atoms with Crippen LogP contribution in [0.4, 0.5) is 0 Å². The molecule has 1 aromatic carbocycles. The molecule has 0 aromatic heterocycles. The van der Waals surface area contributed by atoms with Crippen molar-refractivity contribution in [3.8, 4) is 0 Å². The summed E-state index contributed by atoms with van der Waals surface area (Å²) in [5, 5.41) is 0. The molecule has 1 unspecified atom stereocenters. The van der Waals surface area contributed by atoms with Crippen molar-refractivity contribution >= 4 is 27.6 Å². The summed E-state index contributed by atoms with van der Waals surface area (Å²) in [6.07, 6.45) is 5.45. The smallest absolute Gasteiger partial charge is 0.321 e. The van der Waals surface area contributed by atoms with Gasteiger partial charge in [0.15, 0.2) is 17.7 Å². The SMILES string of the molecule is CC(=O)c1ccc(S(=O)(=O)N(C)CC(=O)OC(C)C(=O)C23CC4CC(CC(C4)C2)C3)cc1. The van der Waals surface area contributed by atoms with Crippen LogP contribution in [0, 0.1) is 23.2 Å². The second kappa shape index (κ2) is 8.37. The van der Waals surface area contributed by atoms with Gasteiger partial charge >= 0.3 is 5.97 Å². The molecule has 1 atom stereocenters. The molecule has 0 aliphatic heterocycles. The van der Waals surface area contributed by atoms with Crippen molar-refractivity contribution in [3.63, 3.8) is 0 Å². The van der Waals surface area contributed by atoms with Crippen LogP contribution in [-0.4, -0.2) is 50.0 Å². The molecule has 0 amide bonds. The van der Waals surface area contributed by atoms with Crippen molar-refractivity contribution in [3.05, 3.63) is 29.8 Å². The van der Waals surface area contributed by atoms with E-state index in [1.165, 1.54) is 57.5 Å². The minimum atomic E-state index is -3.93. The van der Waals surface area contributed by atoms with E-state index >= 15 is 0 Å². The second-order valence-electron chi connectivity index (χ2n) is 10.0. The summed E-state index contributed by atoms with van der Waals surface area (Å²) in [6.45, 7) is 2.51. The number of hydrogen-bond acceptors (Lipinski definition) is 6. The van der Waals surface area contributed by atoms with Gasteiger partial charge in [-0.25, -0.2) is 8.42 Å². The van der Waals surface area contributed by atoms with Crippen molar-refractivity contribution in [2.45, 2.75) is 63.4 Å². The van der Waals surface area contributed by atoms with Gasteiger partial charge in [-0.3, -0.25) is 14.4 Å². The Balaban J connectivity index is 1.37. The predicted molar refractivity (Wildman–Crippen MR) is 117 cm³/mol. The maximum Gasteiger partial charge on any atom is 0.321 e. The third-order valence-corrected chi connectivity index (χ3v) is 9.38. The molecule has 5 rings (SSSR count). The molecule has 7 nitrogen and oxygen atoms in total. The average Bonchev–Trinajstić information content (AvgIpc) is 2.72. The zero-order chi connectivity index (χ0) is 23.3. The van der Waals surface area contributed by atoms with Gasteiger partial charge in [0.25, 0.3) is 0 Å². The minimum Gasteiger partial charge on any atom is -0.454 e. The van der Waals surface area contributed by atoms with E-state index in [-0.39, 0.29) is 21.9 Å². The molecule has 1 aromatic rings. The maximum atomic E-state index is 13.3. The van der Waals surface area contributed by atoms with E-state index in [0.29, 0.717) is 23.3 Å². The van der Waals surface area contributed by atoms with Crippen LogP contribution in [-0.2, 0) is 24.3 Å². The zero-order valence-corrected chi connectivity index (χ0v) is 19.7. The Hall–Kier alpha value is -2.06. The highest BCUT2D eigenvalue weighted by atomic mass is 32.2. The van der Waals surface area contributed by atoms with Gasteiger partial charge in [-0.1, -0.05) is 12.1 Å². The van der Waals surface area contributed by atoms with Crippen LogP contribution >= 0.6 is 0 Å². The largest absolute Gasteiger partial charge is 0.454 e. The van der Waals surface area contributed by atoms with Gasteiger partial charge < -0.3 is 4.74 Å². The third kappa shape index (κ3) is 4.27. The van der Waals surface area contributed by atoms with E-state index in [0.717, 1.165) is 23.6 Å². The van der Waals surface area contributed by atoms with Gasteiger partial charge in [-0.2, -0.15) is 4.31 Å². The number of ketones is 2. The van der Waals surface area contributed by atoms with E-state index in [1.807, 2.05) is 0 Å². The Kier molecular flexibility index (Phi) is 6.05. The Bertz CT molecular complexity index is 994. The number of Topliss-reactive ketones (excluding diaryl/α,β-unsaturated/α-hetero) is 2. The third-order valence-electron chi connectivity index (χ3n) is 7.56. The average molecular weight is 462 g/mol. The standard InChI is InChI=1S/C24H31NO6S/c1-15(26)20-4-6-21(7-5-20)32(29,30)25(3)14-22(27)31-16(2)23(28)24-11-17-8-18(12-24)10-19(9-17)13-24/h4-7,16-19H,8-14H2,1-3H3. The van der Waals surface area contributed by atoms with E-state index in [9.17, 15) is 22.8 Å². The summed E-state index contributed by atoms with van der Waals surface area (Å²) in [4.78, 5) is 37.2. The van der Waals surface area contributed by atoms with Crippen molar-refractivity contribution in [1.82, 2.24) is 4.31 Å². The van der Waals surface area contributed by atoms with Gasteiger partial charge in [0.1, 0.15) is 6.54 Å². The molecule has 8 heteroatoms. The Morgan fingerprint density at radius 3 is 2.00 bits per heavy atom. The molecule has 4 fully saturated rings. The quantitative estimate of drug-likeness (QED) is 0.435. The summed E-state index contributed by atoms with van der Waals surface area (Å²) in [7, 11) is -2.64. The number of hydrogen-bond donors (Lipinski definition) is 0. The van der Waals surface area contributed by atoms with Crippen molar-refractivity contribution in [2.75, 3.05) is 13.6 Å². The number of benzene rings is 1. The van der Waals surface area contributed by atoms with Crippen LogP contribution in [0.25, 0.3) is 0 Å². The van der Waals surface area contributed by atoms with Crippen LogP contribution in [0.3, 0.4) is 0 Å². The van der Waals surface area contributed by atoms with Gasteiger partial charge in [0, 0.05) is 18.0 Å². The van der Waals surface area contributed by atoms with E-state index in [1.54, 1.807) is 6.92 Å².